The molecule has 10 heteroatoms. The number of hydrogen-bond acceptors (Lipinski definition) is 4. The third kappa shape index (κ3) is 8.18. The second-order valence-corrected chi connectivity index (χ2v) is 10.7. The van der Waals surface area contributed by atoms with Crippen LogP contribution in [0.5, 0.6) is 0 Å². The van der Waals surface area contributed by atoms with Gasteiger partial charge in [-0.05, 0) is 54.8 Å². The van der Waals surface area contributed by atoms with Crippen molar-refractivity contribution in [3.63, 3.8) is 0 Å². The molecule has 1 unspecified atom stereocenters. The van der Waals surface area contributed by atoms with Crippen molar-refractivity contribution in [3.05, 3.63) is 64.1 Å². The van der Waals surface area contributed by atoms with E-state index in [4.69, 9.17) is 23.2 Å². The van der Waals surface area contributed by atoms with Crippen LogP contribution in [0.4, 0.5) is 5.69 Å². The number of nitrogens with zero attached hydrogens (tertiary/aromatic N) is 2. The van der Waals surface area contributed by atoms with Crippen molar-refractivity contribution in [1.82, 2.24) is 10.2 Å². The lowest BCUT2D eigenvalue weighted by molar-refractivity contribution is -0.140. The molecule has 0 aliphatic rings. The van der Waals surface area contributed by atoms with E-state index in [0.717, 1.165) is 29.0 Å². The van der Waals surface area contributed by atoms with Gasteiger partial charge in [-0.25, -0.2) is 8.42 Å². The number of nitrogens with one attached hydrogen (secondary N) is 1. The minimum absolute atomic E-state index is 0.133. The first-order valence-electron chi connectivity index (χ1n) is 11.1. The first-order chi connectivity index (χ1) is 16.1. The molecule has 34 heavy (non-hydrogen) atoms. The summed E-state index contributed by atoms with van der Waals surface area (Å²) in [7, 11) is -3.78. The van der Waals surface area contributed by atoms with E-state index in [1.54, 1.807) is 36.4 Å². The van der Waals surface area contributed by atoms with Gasteiger partial charge in [-0.2, -0.15) is 0 Å². The average molecular weight is 529 g/mol. The third-order valence-corrected chi connectivity index (χ3v) is 6.92. The second kappa shape index (κ2) is 13.0. The van der Waals surface area contributed by atoms with Crippen LogP contribution in [0.15, 0.2) is 48.5 Å². The summed E-state index contributed by atoms with van der Waals surface area (Å²) in [5.41, 5.74) is 1.09. The van der Waals surface area contributed by atoms with Gasteiger partial charge in [0.15, 0.2) is 0 Å². The molecular formula is C24H31Cl2N3O4S. The zero-order valence-corrected chi connectivity index (χ0v) is 22.0. The van der Waals surface area contributed by atoms with E-state index >= 15 is 0 Å². The molecule has 7 nitrogen and oxygen atoms in total. The molecule has 0 saturated heterocycles. The molecule has 2 aromatic carbocycles. The molecule has 2 rings (SSSR count). The quantitative estimate of drug-likeness (QED) is 0.412. The zero-order chi connectivity index (χ0) is 25.3. The number of halogens is 2. The van der Waals surface area contributed by atoms with Gasteiger partial charge in [0.05, 0.1) is 11.9 Å². The molecule has 0 saturated carbocycles. The number of rotatable bonds is 12. The Hall–Kier alpha value is -2.29. The van der Waals surface area contributed by atoms with Crippen LogP contribution in [0.3, 0.4) is 0 Å². The Kier molecular flexibility index (Phi) is 10.7. The van der Waals surface area contributed by atoms with Gasteiger partial charge < -0.3 is 10.2 Å². The lowest BCUT2D eigenvalue weighted by atomic mass is 10.1. The van der Waals surface area contributed by atoms with Crippen molar-refractivity contribution in [3.8, 4) is 0 Å². The molecule has 2 amide bonds. The number of anilines is 1. The van der Waals surface area contributed by atoms with Crippen LogP contribution in [0, 0.1) is 0 Å². The fourth-order valence-corrected chi connectivity index (χ4v) is 4.53. The summed E-state index contributed by atoms with van der Waals surface area (Å²) in [6.45, 7) is 4.03. The van der Waals surface area contributed by atoms with Crippen LogP contribution in [-0.4, -0.2) is 50.5 Å². The van der Waals surface area contributed by atoms with Crippen molar-refractivity contribution >= 4 is 50.7 Å². The molecule has 0 heterocycles. The lowest BCUT2D eigenvalue weighted by Crippen LogP contribution is -2.52. The Balaban J connectivity index is 2.37. The summed E-state index contributed by atoms with van der Waals surface area (Å²) in [5.74, 6) is -0.761. The number of unbranched alkanes of at least 4 members (excludes halogenated alkanes) is 1. The van der Waals surface area contributed by atoms with Crippen LogP contribution in [-0.2, 0) is 26.2 Å². The topological polar surface area (TPSA) is 86.8 Å². The van der Waals surface area contributed by atoms with Gasteiger partial charge >= 0.3 is 0 Å². The molecular weight excluding hydrogens is 497 g/mol. The van der Waals surface area contributed by atoms with Crippen LogP contribution in [0.25, 0.3) is 0 Å². The summed E-state index contributed by atoms with van der Waals surface area (Å²) in [4.78, 5) is 27.9. The van der Waals surface area contributed by atoms with Crippen molar-refractivity contribution < 1.29 is 18.0 Å². The molecule has 186 valence electrons. The first-order valence-corrected chi connectivity index (χ1v) is 13.7. The summed E-state index contributed by atoms with van der Waals surface area (Å²) >= 11 is 11.9. The Labute approximate surface area is 212 Å². The van der Waals surface area contributed by atoms with Gasteiger partial charge in [0, 0.05) is 23.1 Å². The van der Waals surface area contributed by atoms with E-state index in [-0.39, 0.29) is 12.5 Å². The second-order valence-electron chi connectivity index (χ2n) is 7.96. The van der Waals surface area contributed by atoms with E-state index in [0.29, 0.717) is 28.7 Å². The number of amides is 2. The van der Waals surface area contributed by atoms with Crippen LogP contribution >= 0.6 is 23.2 Å². The number of carbonyl (C=O) groups is 2. The summed E-state index contributed by atoms with van der Waals surface area (Å²) in [6, 6.07) is 12.4. The Morgan fingerprint density at radius 1 is 0.971 bits per heavy atom. The molecule has 1 atom stereocenters. The highest BCUT2D eigenvalue weighted by molar-refractivity contribution is 7.92. The highest BCUT2D eigenvalue weighted by Crippen LogP contribution is 2.22. The maximum atomic E-state index is 13.5. The van der Waals surface area contributed by atoms with Gasteiger partial charge in [-0.1, -0.05) is 55.6 Å². The fraction of sp³-hybridized carbons (Fsp3) is 0.417. The maximum Gasteiger partial charge on any atom is 0.244 e. The van der Waals surface area contributed by atoms with E-state index in [9.17, 15) is 18.0 Å². The zero-order valence-electron chi connectivity index (χ0n) is 19.6. The van der Waals surface area contributed by atoms with Gasteiger partial charge in [0.25, 0.3) is 0 Å². The van der Waals surface area contributed by atoms with Gasteiger partial charge in [0.2, 0.25) is 21.8 Å². The van der Waals surface area contributed by atoms with Gasteiger partial charge in [-0.3, -0.25) is 13.9 Å². The Morgan fingerprint density at radius 2 is 1.53 bits per heavy atom. The number of benzene rings is 2. The molecule has 0 aliphatic heterocycles. The first kappa shape index (κ1) is 28.0. The van der Waals surface area contributed by atoms with Crippen molar-refractivity contribution in [1.29, 1.82) is 0 Å². The molecule has 1 N–H and O–H groups in total. The Bertz CT molecular complexity index is 1060. The predicted molar refractivity (Wildman–Crippen MR) is 138 cm³/mol. The highest BCUT2D eigenvalue weighted by atomic mass is 35.5. The standard InChI is InChI=1S/C24H31Cl2N3O4S/c1-4-6-15-27-24(31)22(5-2)28(16-18-7-9-19(25)10-8-18)23(30)17-29(34(3,32)33)21-13-11-20(26)12-14-21/h7-14,22H,4-6,15-17H2,1-3H3,(H,27,31). The summed E-state index contributed by atoms with van der Waals surface area (Å²) in [6.07, 6.45) is 3.16. The molecule has 0 aliphatic carbocycles. The van der Waals surface area contributed by atoms with Crippen molar-refractivity contribution in [2.45, 2.75) is 45.7 Å². The minimum atomic E-state index is -3.78. The maximum absolute atomic E-state index is 13.5. The smallest absolute Gasteiger partial charge is 0.244 e. The van der Waals surface area contributed by atoms with Gasteiger partial charge in [0.1, 0.15) is 12.6 Å². The Morgan fingerprint density at radius 3 is 2.03 bits per heavy atom. The monoisotopic (exact) mass is 527 g/mol. The van der Waals surface area contributed by atoms with E-state index in [2.05, 4.69) is 5.32 Å². The van der Waals surface area contributed by atoms with Crippen molar-refractivity contribution in [2.75, 3.05) is 23.7 Å². The molecule has 0 fully saturated rings. The average Bonchev–Trinajstić information content (AvgIpc) is 2.78. The SMILES string of the molecule is CCCCNC(=O)C(CC)N(Cc1ccc(Cl)cc1)C(=O)CN(c1ccc(Cl)cc1)S(C)(=O)=O. The van der Waals surface area contributed by atoms with Crippen molar-refractivity contribution in [2.24, 2.45) is 0 Å². The van der Waals surface area contributed by atoms with Crippen LogP contribution in [0.2, 0.25) is 10.0 Å². The minimum Gasteiger partial charge on any atom is -0.354 e. The molecule has 0 radical (unpaired) electrons. The molecule has 2 aromatic rings. The van der Waals surface area contributed by atoms with Gasteiger partial charge in [-0.15, -0.1) is 0 Å². The normalized spacial score (nSPS) is 12.1. The van der Waals surface area contributed by atoms with Crippen LogP contribution < -0.4 is 9.62 Å². The van der Waals surface area contributed by atoms with E-state index in [1.165, 1.54) is 17.0 Å². The lowest BCUT2D eigenvalue weighted by Gasteiger charge is -2.33. The third-order valence-electron chi connectivity index (χ3n) is 5.28. The van der Waals surface area contributed by atoms with Crippen LogP contribution in [0.1, 0.15) is 38.7 Å². The highest BCUT2D eigenvalue weighted by Gasteiger charge is 2.31. The summed E-state index contributed by atoms with van der Waals surface area (Å²) in [5, 5.41) is 3.89. The predicted octanol–water partition coefficient (Wildman–Crippen LogP) is 4.48. The van der Waals surface area contributed by atoms with E-state index < -0.39 is 28.5 Å². The summed E-state index contributed by atoms with van der Waals surface area (Å²) < 4.78 is 26.1. The number of carbonyl (C=O) groups excluding carboxylic acids is 2. The molecule has 0 spiro atoms. The number of sulfonamides is 1. The largest absolute Gasteiger partial charge is 0.354 e. The van der Waals surface area contributed by atoms with E-state index in [1.807, 2.05) is 13.8 Å². The molecule has 0 aromatic heterocycles. The fourth-order valence-electron chi connectivity index (χ4n) is 3.43. The number of hydrogen-bond donors (Lipinski definition) is 1. The molecule has 0 bridgehead atoms.